The summed E-state index contributed by atoms with van der Waals surface area (Å²) in [7, 11) is 0. The molecule has 3 rings (SSSR count). The van der Waals surface area contributed by atoms with Crippen LogP contribution in [0.2, 0.25) is 0 Å². The first kappa shape index (κ1) is 17.2. The van der Waals surface area contributed by atoms with E-state index in [1.54, 1.807) is 12.1 Å². The molecule has 1 heterocycles. The Labute approximate surface area is 148 Å². The van der Waals surface area contributed by atoms with Gasteiger partial charge in [-0.3, -0.25) is 4.79 Å². The van der Waals surface area contributed by atoms with E-state index < -0.39 is 0 Å². The zero-order chi connectivity index (χ0) is 17.8. The van der Waals surface area contributed by atoms with Gasteiger partial charge in [0.15, 0.2) is 0 Å². The number of carbonyl (C=O) groups is 1. The topological polar surface area (TPSA) is 68.0 Å². The van der Waals surface area contributed by atoms with Crippen LogP contribution in [0, 0.1) is 19.7 Å². The Hall–Kier alpha value is -2.67. The normalized spacial score (nSPS) is 10.7. The summed E-state index contributed by atoms with van der Waals surface area (Å²) in [6.45, 7) is 3.96. The second-order valence-electron chi connectivity index (χ2n) is 5.46. The highest BCUT2D eigenvalue weighted by Crippen LogP contribution is 2.24. The van der Waals surface area contributed by atoms with Gasteiger partial charge in [0.1, 0.15) is 5.82 Å². The number of carbonyl (C=O) groups excluding carboxylic acids is 1. The van der Waals surface area contributed by atoms with Crippen LogP contribution in [-0.2, 0) is 4.79 Å². The van der Waals surface area contributed by atoms with Crippen LogP contribution < -0.4 is 5.32 Å². The van der Waals surface area contributed by atoms with E-state index in [1.165, 1.54) is 12.1 Å². The predicted molar refractivity (Wildman–Crippen MR) is 95.0 cm³/mol. The van der Waals surface area contributed by atoms with E-state index in [0.29, 0.717) is 5.56 Å². The summed E-state index contributed by atoms with van der Waals surface area (Å²) in [5.74, 6) is -0.0445. The zero-order valence-electron chi connectivity index (χ0n) is 13.7. The fourth-order valence-corrected chi connectivity index (χ4v) is 2.74. The number of nitrogens with zero attached hydrogens (tertiary/aromatic N) is 2. The number of hydrogen-bond acceptors (Lipinski definition) is 5. The van der Waals surface area contributed by atoms with Gasteiger partial charge in [0.25, 0.3) is 5.22 Å². The number of hydrogen-bond donors (Lipinski definition) is 1. The van der Waals surface area contributed by atoms with Crippen LogP contribution in [0.1, 0.15) is 11.1 Å². The molecule has 0 aliphatic heterocycles. The molecule has 0 unspecified atom stereocenters. The maximum atomic E-state index is 12.9. The second kappa shape index (κ2) is 7.48. The molecule has 0 fully saturated rings. The number of aryl methyl sites for hydroxylation is 1. The van der Waals surface area contributed by atoms with E-state index in [0.717, 1.165) is 28.6 Å². The number of amides is 1. The third-order valence-electron chi connectivity index (χ3n) is 3.70. The third-order valence-corrected chi connectivity index (χ3v) is 4.52. The first-order valence-electron chi connectivity index (χ1n) is 7.61. The molecule has 0 aliphatic rings. The number of thioether (sulfide) groups is 1. The van der Waals surface area contributed by atoms with Gasteiger partial charge in [-0.15, -0.1) is 10.2 Å². The molecule has 0 bridgehead atoms. The van der Waals surface area contributed by atoms with Gasteiger partial charge in [0, 0.05) is 11.3 Å². The highest BCUT2D eigenvalue weighted by Gasteiger charge is 2.12. The van der Waals surface area contributed by atoms with E-state index in [9.17, 15) is 9.18 Å². The predicted octanol–water partition coefficient (Wildman–Crippen LogP) is 4.22. The molecule has 128 valence electrons. The number of rotatable bonds is 5. The molecule has 5 nitrogen and oxygen atoms in total. The molecule has 7 heteroatoms. The Balaban J connectivity index is 1.59. The Morgan fingerprint density at radius 2 is 1.92 bits per heavy atom. The van der Waals surface area contributed by atoms with E-state index in [1.807, 2.05) is 32.0 Å². The average molecular weight is 357 g/mol. The molecule has 0 spiro atoms. The maximum Gasteiger partial charge on any atom is 0.277 e. The van der Waals surface area contributed by atoms with Gasteiger partial charge in [-0.05, 0) is 55.3 Å². The highest BCUT2D eigenvalue weighted by molar-refractivity contribution is 7.99. The minimum absolute atomic E-state index is 0.151. The van der Waals surface area contributed by atoms with Crippen molar-refractivity contribution in [2.75, 3.05) is 11.1 Å². The van der Waals surface area contributed by atoms with Crippen molar-refractivity contribution >= 4 is 23.4 Å². The van der Waals surface area contributed by atoms with Crippen LogP contribution in [-0.4, -0.2) is 21.9 Å². The smallest absolute Gasteiger partial charge is 0.277 e. The summed E-state index contributed by atoms with van der Waals surface area (Å²) in [5.41, 5.74) is 3.58. The average Bonchev–Trinajstić information content (AvgIpc) is 3.07. The molecule has 0 saturated heterocycles. The van der Waals surface area contributed by atoms with Crippen molar-refractivity contribution in [1.82, 2.24) is 10.2 Å². The monoisotopic (exact) mass is 357 g/mol. The maximum absolute atomic E-state index is 12.9. The van der Waals surface area contributed by atoms with Gasteiger partial charge in [0.05, 0.1) is 5.75 Å². The van der Waals surface area contributed by atoms with Gasteiger partial charge in [-0.1, -0.05) is 23.9 Å². The summed E-state index contributed by atoms with van der Waals surface area (Å²) in [6, 6.07) is 11.5. The first-order chi connectivity index (χ1) is 12.0. The van der Waals surface area contributed by atoms with E-state index in [2.05, 4.69) is 15.5 Å². The third kappa shape index (κ3) is 4.24. The fraction of sp³-hybridized carbons (Fsp3) is 0.167. The first-order valence-corrected chi connectivity index (χ1v) is 8.60. The standard InChI is InChI=1S/C18H16FN3O2S/c1-11-4-3-5-15(12(11)2)20-16(23)10-25-18-22-21-17(24-18)13-6-8-14(19)9-7-13/h3-9H,10H2,1-2H3,(H,20,23). The SMILES string of the molecule is Cc1cccc(NC(=O)CSc2nnc(-c3ccc(F)cc3)o2)c1C. The highest BCUT2D eigenvalue weighted by atomic mass is 32.2. The molecule has 2 aromatic carbocycles. The van der Waals surface area contributed by atoms with Crippen LogP contribution >= 0.6 is 11.8 Å². The Morgan fingerprint density at radius 3 is 2.68 bits per heavy atom. The lowest BCUT2D eigenvalue weighted by Gasteiger charge is -2.09. The van der Waals surface area contributed by atoms with Crippen molar-refractivity contribution in [1.29, 1.82) is 0 Å². The molecular formula is C18H16FN3O2S. The van der Waals surface area contributed by atoms with Crippen molar-refractivity contribution in [3.63, 3.8) is 0 Å². The molecule has 0 saturated carbocycles. The second-order valence-corrected chi connectivity index (χ2v) is 6.39. The molecule has 1 N–H and O–H groups in total. The molecule has 3 aromatic rings. The molecule has 1 aromatic heterocycles. The van der Waals surface area contributed by atoms with Crippen LogP contribution in [0.15, 0.2) is 52.1 Å². The Morgan fingerprint density at radius 1 is 1.16 bits per heavy atom. The lowest BCUT2D eigenvalue weighted by Crippen LogP contribution is -2.15. The van der Waals surface area contributed by atoms with Gasteiger partial charge in [-0.25, -0.2) is 4.39 Å². The van der Waals surface area contributed by atoms with Crippen molar-refractivity contribution < 1.29 is 13.6 Å². The number of anilines is 1. The summed E-state index contributed by atoms with van der Waals surface area (Å²) < 4.78 is 18.4. The number of benzene rings is 2. The molecule has 0 atom stereocenters. The minimum atomic E-state index is -0.332. The quantitative estimate of drug-likeness (QED) is 0.692. The van der Waals surface area contributed by atoms with Crippen LogP contribution in [0.4, 0.5) is 10.1 Å². The van der Waals surface area contributed by atoms with Gasteiger partial charge >= 0.3 is 0 Å². The van der Waals surface area contributed by atoms with Crippen molar-refractivity contribution in [2.45, 2.75) is 19.1 Å². The number of halogens is 1. The minimum Gasteiger partial charge on any atom is -0.411 e. The van der Waals surface area contributed by atoms with Crippen molar-refractivity contribution in [2.24, 2.45) is 0 Å². The fourth-order valence-electron chi connectivity index (χ4n) is 2.18. The number of aromatic nitrogens is 2. The summed E-state index contributed by atoms with van der Waals surface area (Å²) >= 11 is 1.15. The summed E-state index contributed by atoms with van der Waals surface area (Å²) in [6.07, 6.45) is 0. The van der Waals surface area contributed by atoms with E-state index in [4.69, 9.17) is 4.42 Å². The van der Waals surface area contributed by atoms with E-state index >= 15 is 0 Å². The van der Waals surface area contributed by atoms with Gasteiger partial charge in [0.2, 0.25) is 11.8 Å². The number of nitrogens with one attached hydrogen (secondary N) is 1. The van der Waals surface area contributed by atoms with Crippen molar-refractivity contribution in [3.05, 3.63) is 59.4 Å². The molecule has 0 radical (unpaired) electrons. The summed E-state index contributed by atoms with van der Waals surface area (Å²) in [5, 5.41) is 11.0. The van der Waals surface area contributed by atoms with Crippen LogP contribution in [0.3, 0.4) is 0 Å². The van der Waals surface area contributed by atoms with Gasteiger partial charge in [-0.2, -0.15) is 0 Å². The van der Waals surface area contributed by atoms with Crippen molar-refractivity contribution in [3.8, 4) is 11.5 Å². The Bertz CT molecular complexity index is 894. The van der Waals surface area contributed by atoms with Crippen LogP contribution in [0.5, 0.6) is 0 Å². The van der Waals surface area contributed by atoms with Gasteiger partial charge < -0.3 is 9.73 Å². The molecule has 0 aliphatic carbocycles. The summed E-state index contributed by atoms with van der Waals surface area (Å²) in [4.78, 5) is 12.1. The largest absolute Gasteiger partial charge is 0.411 e. The molecule has 25 heavy (non-hydrogen) atoms. The Kier molecular flexibility index (Phi) is 5.14. The zero-order valence-corrected chi connectivity index (χ0v) is 14.6. The van der Waals surface area contributed by atoms with E-state index in [-0.39, 0.29) is 28.6 Å². The molecule has 1 amide bonds. The lowest BCUT2D eigenvalue weighted by molar-refractivity contribution is -0.113. The van der Waals surface area contributed by atoms with Crippen LogP contribution in [0.25, 0.3) is 11.5 Å². The lowest BCUT2D eigenvalue weighted by atomic mass is 10.1. The molecular weight excluding hydrogens is 341 g/mol.